The maximum Gasteiger partial charge on any atom is 0.224 e. The van der Waals surface area contributed by atoms with Gasteiger partial charge < -0.3 is 19.7 Å². The standard InChI is InChI=1S/C14H28N2O3/c1-13-3-7-16(8-4-13)14(17)5-9-18-11-12-19-10-6-15-2/h13,15H,3-12H2,1-2H3. The minimum Gasteiger partial charge on any atom is -0.379 e. The van der Waals surface area contributed by atoms with Crippen LogP contribution in [0.1, 0.15) is 26.2 Å². The number of carbonyl (C=O) groups is 1. The highest BCUT2D eigenvalue weighted by molar-refractivity contribution is 5.76. The van der Waals surface area contributed by atoms with Gasteiger partial charge in [-0.3, -0.25) is 4.79 Å². The number of likely N-dealkylation sites (N-methyl/N-ethyl adjacent to an activating group) is 1. The molecule has 1 N–H and O–H groups in total. The molecule has 0 saturated carbocycles. The molecule has 5 heteroatoms. The number of hydrogen-bond acceptors (Lipinski definition) is 4. The van der Waals surface area contributed by atoms with Crippen molar-refractivity contribution in [1.82, 2.24) is 10.2 Å². The van der Waals surface area contributed by atoms with E-state index in [2.05, 4.69) is 12.2 Å². The summed E-state index contributed by atoms with van der Waals surface area (Å²) in [5, 5.41) is 3.01. The molecule has 0 aromatic rings. The molecule has 1 rings (SSSR count). The third-order valence-corrected chi connectivity index (χ3v) is 3.47. The minimum atomic E-state index is 0.225. The Kier molecular flexibility index (Phi) is 8.79. The summed E-state index contributed by atoms with van der Waals surface area (Å²) < 4.78 is 10.7. The van der Waals surface area contributed by atoms with Gasteiger partial charge >= 0.3 is 0 Å². The minimum absolute atomic E-state index is 0.225. The lowest BCUT2D eigenvalue weighted by Crippen LogP contribution is -2.38. The van der Waals surface area contributed by atoms with Crippen LogP contribution in [0.2, 0.25) is 0 Å². The molecule has 1 amide bonds. The van der Waals surface area contributed by atoms with Crippen LogP contribution in [-0.2, 0) is 14.3 Å². The molecule has 0 spiro atoms. The van der Waals surface area contributed by atoms with Crippen molar-refractivity contribution < 1.29 is 14.3 Å². The van der Waals surface area contributed by atoms with Gasteiger partial charge in [0.2, 0.25) is 5.91 Å². The van der Waals surface area contributed by atoms with Crippen LogP contribution in [-0.4, -0.2) is 63.9 Å². The fraction of sp³-hybridized carbons (Fsp3) is 0.929. The van der Waals surface area contributed by atoms with Crippen molar-refractivity contribution in [2.24, 2.45) is 5.92 Å². The van der Waals surface area contributed by atoms with Crippen molar-refractivity contribution in [2.75, 3.05) is 53.1 Å². The Morgan fingerprint density at radius 1 is 1.16 bits per heavy atom. The zero-order valence-corrected chi connectivity index (χ0v) is 12.3. The molecule has 0 aromatic carbocycles. The largest absolute Gasteiger partial charge is 0.379 e. The lowest BCUT2D eigenvalue weighted by atomic mass is 9.99. The Morgan fingerprint density at radius 3 is 2.42 bits per heavy atom. The third kappa shape index (κ3) is 7.50. The van der Waals surface area contributed by atoms with E-state index in [1.807, 2.05) is 11.9 Å². The SMILES string of the molecule is CNCCOCCOCCC(=O)N1CCC(C)CC1. The predicted octanol–water partition coefficient (Wildman–Crippen LogP) is 0.888. The third-order valence-electron chi connectivity index (χ3n) is 3.47. The monoisotopic (exact) mass is 272 g/mol. The average molecular weight is 272 g/mol. The second kappa shape index (κ2) is 10.2. The zero-order valence-electron chi connectivity index (χ0n) is 12.3. The summed E-state index contributed by atoms with van der Waals surface area (Å²) in [7, 11) is 1.90. The first-order valence-corrected chi connectivity index (χ1v) is 7.32. The van der Waals surface area contributed by atoms with E-state index in [9.17, 15) is 4.79 Å². The van der Waals surface area contributed by atoms with E-state index >= 15 is 0 Å². The molecule has 1 aliphatic heterocycles. The summed E-state index contributed by atoms with van der Waals surface area (Å²) in [6.45, 7) is 7.28. The number of nitrogens with one attached hydrogen (secondary N) is 1. The molecular weight excluding hydrogens is 244 g/mol. The Hall–Kier alpha value is -0.650. The van der Waals surface area contributed by atoms with E-state index in [4.69, 9.17) is 9.47 Å². The van der Waals surface area contributed by atoms with E-state index in [1.165, 1.54) is 0 Å². The van der Waals surface area contributed by atoms with E-state index in [0.29, 0.717) is 32.8 Å². The van der Waals surface area contributed by atoms with Crippen molar-refractivity contribution >= 4 is 5.91 Å². The van der Waals surface area contributed by atoms with Gasteiger partial charge in [-0.2, -0.15) is 0 Å². The number of carbonyl (C=O) groups excluding carboxylic acids is 1. The molecule has 0 aromatic heterocycles. The molecular formula is C14H28N2O3. The van der Waals surface area contributed by atoms with Crippen molar-refractivity contribution in [3.63, 3.8) is 0 Å². The first kappa shape index (κ1) is 16.4. The Morgan fingerprint density at radius 2 is 1.79 bits per heavy atom. The number of nitrogens with zero attached hydrogens (tertiary/aromatic N) is 1. The van der Waals surface area contributed by atoms with Crippen LogP contribution < -0.4 is 5.32 Å². The van der Waals surface area contributed by atoms with E-state index in [1.54, 1.807) is 0 Å². The van der Waals surface area contributed by atoms with Gasteiger partial charge in [-0.05, 0) is 25.8 Å². The molecule has 0 aliphatic carbocycles. The maximum atomic E-state index is 11.9. The van der Waals surface area contributed by atoms with Crippen LogP contribution in [0.4, 0.5) is 0 Å². The molecule has 1 fully saturated rings. The van der Waals surface area contributed by atoms with Gasteiger partial charge in [-0.1, -0.05) is 6.92 Å². The van der Waals surface area contributed by atoms with Crippen LogP contribution in [0.3, 0.4) is 0 Å². The summed E-state index contributed by atoms with van der Waals surface area (Å²) in [6.07, 6.45) is 2.75. The number of rotatable bonds is 9. The zero-order chi connectivity index (χ0) is 13.9. The number of piperidine rings is 1. The number of ether oxygens (including phenoxy) is 2. The Labute approximate surface area is 116 Å². The van der Waals surface area contributed by atoms with Gasteiger partial charge in [0.1, 0.15) is 0 Å². The first-order valence-electron chi connectivity index (χ1n) is 7.32. The molecule has 0 atom stereocenters. The van der Waals surface area contributed by atoms with Crippen LogP contribution in [0, 0.1) is 5.92 Å². The van der Waals surface area contributed by atoms with Crippen molar-refractivity contribution in [2.45, 2.75) is 26.2 Å². The fourth-order valence-electron chi connectivity index (χ4n) is 2.07. The second-order valence-electron chi connectivity index (χ2n) is 5.14. The van der Waals surface area contributed by atoms with Gasteiger partial charge in [-0.15, -0.1) is 0 Å². The first-order chi connectivity index (χ1) is 9.24. The van der Waals surface area contributed by atoms with Crippen LogP contribution in [0.5, 0.6) is 0 Å². The quantitative estimate of drug-likeness (QED) is 0.633. The average Bonchev–Trinajstić information content (AvgIpc) is 2.42. The predicted molar refractivity (Wildman–Crippen MR) is 75.2 cm³/mol. The van der Waals surface area contributed by atoms with Gasteiger partial charge in [0.05, 0.1) is 32.8 Å². The fourth-order valence-corrected chi connectivity index (χ4v) is 2.07. The molecule has 5 nitrogen and oxygen atoms in total. The topological polar surface area (TPSA) is 50.8 Å². The molecule has 0 bridgehead atoms. The van der Waals surface area contributed by atoms with E-state index in [0.717, 1.165) is 38.4 Å². The molecule has 19 heavy (non-hydrogen) atoms. The number of amides is 1. The summed E-state index contributed by atoms with van der Waals surface area (Å²) in [5.74, 6) is 0.984. The number of likely N-dealkylation sites (tertiary alicyclic amines) is 1. The smallest absolute Gasteiger partial charge is 0.224 e. The highest BCUT2D eigenvalue weighted by Crippen LogP contribution is 2.16. The highest BCUT2D eigenvalue weighted by Gasteiger charge is 2.19. The second-order valence-corrected chi connectivity index (χ2v) is 5.14. The molecule has 1 aliphatic rings. The van der Waals surface area contributed by atoms with Crippen LogP contribution >= 0.6 is 0 Å². The van der Waals surface area contributed by atoms with E-state index < -0.39 is 0 Å². The van der Waals surface area contributed by atoms with Gasteiger partial charge in [0, 0.05) is 19.6 Å². The Balaban J connectivity index is 1.93. The van der Waals surface area contributed by atoms with Gasteiger partial charge in [0.25, 0.3) is 0 Å². The maximum absolute atomic E-state index is 11.9. The summed E-state index contributed by atoms with van der Waals surface area (Å²) in [6, 6.07) is 0. The van der Waals surface area contributed by atoms with Gasteiger partial charge in [0.15, 0.2) is 0 Å². The van der Waals surface area contributed by atoms with Crippen molar-refractivity contribution in [1.29, 1.82) is 0 Å². The highest BCUT2D eigenvalue weighted by atomic mass is 16.5. The normalized spacial score (nSPS) is 16.8. The van der Waals surface area contributed by atoms with E-state index in [-0.39, 0.29) is 5.91 Å². The molecule has 112 valence electrons. The lowest BCUT2D eigenvalue weighted by molar-refractivity contribution is -0.133. The van der Waals surface area contributed by atoms with Crippen molar-refractivity contribution in [3.05, 3.63) is 0 Å². The Bertz CT molecular complexity index is 241. The van der Waals surface area contributed by atoms with Crippen LogP contribution in [0.25, 0.3) is 0 Å². The molecule has 1 heterocycles. The summed E-state index contributed by atoms with van der Waals surface area (Å²) >= 11 is 0. The van der Waals surface area contributed by atoms with Gasteiger partial charge in [-0.25, -0.2) is 0 Å². The summed E-state index contributed by atoms with van der Waals surface area (Å²) in [4.78, 5) is 13.9. The molecule has 0 radical (unpaired) electrons. The summed E-state index contributed by atoms with van der Waals surface area (Å²) in [5.41, 5.74) is 0. The lowest BCUT2D eigenvalue weighted by Gasteiger charge is -2.30. The molecule has 1 saturated heterocycles. The number of hydrogen-bond donors (Lipinski definition) is 1. The van der Waals surface area contributed by atoms with Crippen LogP contribution in [0.15, 0.2) is 0 Å². The molecule has 0 unspecified atom stereocenters. The van der Waals surface area contributed by atoms with Crippen molar-refractivity contribution in [3.8, 4) is 0 Å².